The average Bonchev–Trinajstić information content (AvgIpc) is 3.15. The maximum absolute atomic E-state index is 11.7. The van der Waals surface area contributed by atoms with E-state index < -0.39 is 46.0 Å². The molecular weight excluding hydrogens is 632 g/mol. The maximum Gasteiger partial charge on any atom is 0.204 e. The predicted molar refractivity (Wildman–Crippen MR) is 196 cm³/mol. The molecule has 0 aliphatic rings. The van der Waals surface area contributed by atoms with Gasteiger partial charge in [0, 0.05) is 32.7 Å². The molecule has 50 heavy (non-hydrogen) atoms. The Hall–Kier alpha value is -7.06. The normalized spacial score (nSPS) is 11.8. The van der Waals surface area contributed by atoms with Gasteiger partial charge in [-0.15, -0.1) is 0 Å². The molecule has 0 saturated heterocycles. The summed E-state index contributed by atoms with van der Waals surface area (Å²) in [5.41, 5.74) is 0.766. The molecule has 0 fully saturated rings. The Morgan fingerprint density at radius 2 is 0.760 bits per heavy atom. The van der Waals surface area contributed by atoms with Crippen molar-refractivity contribution in [3.63, 3.8) is 0 Å². The summed E-state index contributed by atoms with van der Waals surface area (Å²) < 4.78 is 0. The van der Waals surface area contributed by atoms with Crippen LogP contribution in [0, 0.1) is 0 Å². The highest BCUT2D eigenvalue weighted by atomic mass is 16.4. The van der Waals surface area contributed by atoms with Gasteiger partial charge >= 0.3 is 0 Å². The Bertz CT molecular complexity index is 2880. The molecule has 9 aromatic rings. The first-order valence-corrected chi connectivity index (χ1v) is 15.7. The molecule has 0 heterocycles. The van der Waals surface area contributed by atoms with Crippen molar-refractivity contribution < 1.29 is 40.9 Å². The molecule has 8 heteroatoms. The van der Waals surface area contributed by atoms with E-state index in [0.717, 1.165) is 37.7 Å². The topological polar surface area (TPSA) is 162 Å². The number of benzene rings is 9. The highest BCUT2D eigenvalue weighted by Gasteiger charge is 2.32. The van der Waals surface area contributed by atoms with Gasteiger partial charge in [-0.05, 0) is 72.4 Å². The SMILES string of the molecule is Oc1c(O)c(O)c2c(-c3cccc4c3ccc3cc5ccccc5cc34)c3c(O)c(O)c(O)c(O)c3c(-c3ccc4ccccc4c3)c2c1O. The van der Waals surface area contributed by atoms with Gasteiger partial charge in [0.1, 0.15) is 0 Å². The summed E-state index contributed by atoms with van der Waals surface area (Å²) in [6.45, 7) is 0. The van der Waals surface area contributed by atoms with Gasteiger partial charge in [-0.1, -0.05) is 91.0 Å². The lowest BCUT2D eigenvalue weighted by Gasteiger charge is -2.23. The third-order valence-corrected chi connectivity index (χ3v) is 9.84. The number of hydrogen-bond donors (Lipinski definition) is 8. The molecule has 9 aromatic carbocycles. The lowest BCUT2D eigenvalue weighted by Crippen LogP contribution is -1.95. The molecule has 0 amide bonds. The van der Waals surface area contributed by atoms with E-state index in [-0.39, 0.29) is 32.7 Å². The van der Waals surface area contributed by atoms with Crippen LogP contribution in [-0.4, -0.2) is 40.9 Å². The van der Waals surface area contributed by atoms with Crippen LogP contribution in [0.15, 0.2) is 109 Å². The van der Waals surface area contributed by atoms with E-state index in [9.17, 15) is 40.9 Å². The maximum atomic E-state index is 11.7. The molecule has 0 aliphatic heterocycles. The average molecular weight is 659 g/mol. The van der Waals surface area contributed by atoms with Crippen LogP contribution in [0.2, 0.25) is 0 Å². The van der Waals surface area contributed by atoms with Gasteiger partial charge < -0.3 is 40.9 Å². The Morgan fingerprint density at radius 3 is 1.34 bits per heavy atom. The van der Waals surface area contributed by atoms with Crippen LogP contribution in [-0.2, 0) is 0 Å². The van der Waals surface area contributed by atoms with Crippen molar-refractivity contribution in [2.75, 3.05) is 0 Å². The van der Waals surface area contributed by atoms with Crippen molar-refractivity contribution in [1.82, 2.24) is 0 Å². The van der Waals surface area contributed by atoms with Crippen LogP contribution in [0.4, 0.5) is 0 Å². The van der Waals surface area contributed by atoms with Crippen molar-refractivity contribution in [3.05, 3.63) is 109 Å². The minimum atomic E-state index is -1.01. The lowest BCUT2D eigenvalue weighted by molar-refractivity contribution is 0.350. The number of phenolic OH excluding ortho intramolecular Hbond substituents is 8. The highest BCUT2D eigenvalue weighted by Crippen LogP contribution is 2.62. The van der Waals surface area contributed by atoms with Crippen LogP contribution in [0.5, 0.6) is 46.0 Å². The fourth-order valence-electron chi connectivity index (χ4n) is 7.52. The molecule has 8 nitrogen and oxygen atoms in total. The second-order valence-electron chi connectivity index (χ2n) is 12.5. The van der Waals surface area contributed by atoms with E-state index in [4.69, 9.17) is 0 Å². The summed E-state index contributed by atoms with van der Waals surface area (Å²) in [5.74, 6) is -7.30. The van der Waals surface area contributed by atoms with Crippen LogP contribution < -0.4 is 0 Å². The molecule has 0 saturated carbocycles. The van der Waals surface area contributed by atoms with Gasteiger partial charge in [-0.25, -0.2) is 0 Å². The van der Waals surface area contributed by atoms with Crippen LogP contribution in [0.1, 0.15) is 0 Å². The van der Waals surface area contributed by atoms with E-state index >= 15 is 0 Å². The van der Waals surface area contributed by atoms with E-state index in [1.807, 2.05) is 66.7 Å². The molecule has 0 atom stereocenters. The van der Waals surface area contributed by atoms with Crippen molar-refractivity contribution >= 4 is 64.6 Å². The fraction of sp³-hybridized carbons (Fsp3) is 0. The molecule has 0 aromatic heterocycles. The second-order valence-corrected chi connectivity index (χ2v) is 12.5. The van der Waals surface area contributed by atoms with Crippen molar-refractivity contribution in [3.8, 4) is 68.2 Å². The van der Waals surface area contributed by atoms with Gasteiger partial charge in [0.2, 0.25) is 23.0 Å². The highest BCUT2D eigenvalue weighted by molar-refractivity contribution is 6.31. The summed E-state index contributed by atoms with van der Waals surface area (Å²) in [4.78, 5) is 0. The molecule has 0 radical (unpaired) electrons. The van der Waals surface area contributed by atoms with E-state index in [1.54, 1.807) is 30.3 Å². The van der Waals surface area contributed by atoms with Crippen LogP contribution in [0.25, 0.3) is 86.9 Å². The van der Waals surface area contributed by atoms with E-state index in [0.29, 0.717) is 16.5 Å². The zero-order chi connectivity index (χ0) is 34.6. The predicted octanol–water partition coefficient (Wildman–Crippen LogP) is 9.58. The number of fused-ring (bicyclic) bond motifs is 7. The molecule has 0 bridgehead atoms. The zero-order valence-corrected chi connectivity index (χ0v) is 26.0. The molecular formula is C42H26O8. The lowest BCUT2D eigenvalue weighted by atomic mass is 9.82. The number of rotatable bonds is 2. The molecule has 242 valence electrons. The van der Waals surface area contributed by atoms with E-state index in [2.05, 4.69) is 12.1 Å². The third kappa shape index (κ3) is 3.81. The zero-order valence-electron chi connectivity index (χ0n) is 26.0. The Balaban J connectivity index is 1.54. The first-order chi connectivity index (χ1) is 24.2. The van der Waals surface area contributed by atoms with Crippen LogP contribution in [0.3, 0.4) is 0 Å². The quantitative estimate of drug-likeness (QED) is 0.0394. The summed E-state index contributed by atoms with van der Waals surface area (Å²) in [6.07, 6.45) is 0. The third-order valence-electron chi connectivity index (χ3n) is 9.84. The smallest absolute Gasteiger partial charge is 0.204 e. The fourth-order valence-corrected chi connectivity index (χ4v) is 7.52. The largest absolute Gasteiger partial charge is 0.504 e. The molecule has 0 spiro atoms. The summed E-state index contributed by atoms with van der Waals surface area (Å²) in [5, 5.41) is 96.6. The standard InChI is InChI=1S/C42H26O8/c43-35-31-29(24-13-12-19-6-1-2-7-20(19)17-24)32-34(38(46)42(50)40(48)36(32)44)30(33(31)37(45)41(49)39(35)47)27-11-5-10-25-26(27)15-14-23-16-21-8-3-4-9-22(21)18-28(23)25/h1-18,43-50H. The summed E-state index contributed by atoms with van der Waals surface area (Å²) in [6, 6.07) is 34.0. The number of aromatic hydroxyl groups is 8. The molecule has 8 N–H and O–H groups in total. The Morgan fingerprint density at radius 1 is 0.280 bits per heavy atom. The van der Waals surface area contributed by atoms with E-state index in [1.165, 1.54) is 0 Å². The molecule has 0 unspecified atom stereocenters. The van der Waals surface area contributed by atoms with Gasteiger partial charge in [0.05, 0.1) is 0 Å². The second kappa shape index (κ2) is 10.2. The van der Waals surface area contributed by atoms with Crippen molar-refractivity contribution in [2.24, 2.45) is 0 Å². The van der Waals surface area contributed by atoms with Crippen LogP contribution >= 0.6 is 0 Å². The Labute approximate surface area is 282 Å². The van der Waals surface area contributed by atoms with Gasteiger partial charge in [0.25, 0.3) is 0 Å². The van der Waals surface area contributed by atoms with Crippen molar-refractivity contribution in [1.29, 1.82) is 0 Å². The first kappa shape index (κ1) is 29.1. The summed E-state index contributed by atoms with van der Waals surface area (Å²) in [7, 11) is 0. The minimum Gasteiger partial charge on any atom is -0.504 e. The monoisotopic (exact) mass is 658 g/mol. The summed E-state index contributed by atoms with van der Waals surface area (Å²) >= 11 is 0. The van der Waals surface area contributed by atoms with Gasteiger partial charge in [-0.3, -0.25) is 0 Å². The van der Waals surface area contributed by atoms with Gasteiger partial charge in [0.15, 0.2) is 23.0 Å². The Kier molecular flexibility index (Phi) is 5.95. The number of phenols is 8. The number of hydrogen-bond acceptors (Lipinski definition) is 8. The van der Waals surface area contributed by atoms with Gasteiger partial charge in [-0.2, -0.15) is 0 Å². The molecule has 9 rings (SSSR count). The first-order valence-electron chi connectivity index (χ1n) is 15.7. The van der Waals surface area contributed by atoms with Crippen molar-refractivity contribution in [2.45, 2.75) is 0 Å². The molecule has 0 aliphatic carbocycles. The minimum absolute atomic E-state index is 0.00728.